The van der Waals surface area contributed by atoms with E-state index in [2.05, 4.69) is 58.5 Å². The standard InChI is InChI=1S/C17H30N4O2S.HI/c1-13-7-9-15(10-8-13)14(2)11-19-16(18-5)20-12-17(3,4)21-24(6,22)23;/h7-10,14,21H,11-12H2,1-6H3,(H2,18,19,20);1H. The number of rotatable bonds is 7. The van der Waals surface area contributed by atoms with Crippen molar-refractivity contribution in [2.24, 2.45) is 4.99 Å². The van der Waals surface area contributed by atoms with Crippen LogP contribution < -0.4 is 15.4 Å². The van der Waals surface area contributed by atoms with Crippen LogP contribution in [0.1, 0.15) is 37.8 Å². The molecule has 6 nitrogen and oxygen atoms in total. The SMILES string of the molecule is CN=C(NCC(C)c1ccc(C)cc1)NCC(C)(C)NS(C)(=O)=O.I. The van der Waals surface area contributed by atoms with E-state index in [0.29, 0.717) is 18.4 Å². The molecule has 1 unspecified atom stereocenters. The van der Waals surface area contributed by atoms with E-state index in [0.717, 1.165) is 12.8 Å². The summed E-state index contributed by atoms with van der Waals surface area (Å²) < 4.78 is 25.3. The fraction of sp³-hybridized carbons (Fsp3) is 0.588. The number of guanidine groups is 1. The summed E-state index contributed by atoms with van der Waals surface area (Å²) in [6.45, 7) is 9.04. The van der Waals surface area contributed by atoms with Gasteiger partial charge in [0.05, 0.1) is 6.26 Å². The molecular formula is C17H31IN4O2S. The van der Waals surface area contributed by atoms with Gasteiger partial charge in [-0.3, -0.25) is 4.99 Å². The van der Waals surface area contributed by atoms with Crippen LogP contribution in [0.5, 0.6) is 0 Å². The Kier molecular flexibility index (Phi) is 9.96. The molecule has 1 atom stereocenters. The third-order valence-electron chi connectivity index (χ3n) is 3.61. The molecule has 0 saturated carbocycles. The molecule has 0 bridgehead atoms. The van der Waals surface area contributed by atoms with Crippen molar-refractivity contribution >= 4 is 40.0 Å². The lowest BCUT2D eigenvalue weighted by Gasteiger charge is -2.26. The molecule has 0 aliphatic carbocycles. The van der Waals surface area contributed by atoms with Crippen LogP contribution in [0.2, 0.25) is 0 Å². The maximum absolute atomic E-state index is 11.4. The summed E-state index contributed by atoms with van der Waals surface area (Å²) in [4.78, 5) is 4.18. The molecule has 1 rings (SSSR count). The smallest absolute Gasteiger partial charge is 0.209 e. The number of benzene rings is 1. The number of aliphatic imine (C=N–C) groups is 1. The Labute approximate surface area is 169 Å². The molecule has 0 saturated heterocycles. The lowest BCUT2D eigenvalue weighted by Crippen LogP contribution is -2.53. The first-order valence-electron chi connectivity index (χ1n) is 8.02. The van der Waals surface area contributed by atoms with Gasteiger partial charge < -0.3 is 10.6 Å². The van der Waals surface area contributed by atoms with E-state index in [9.17, 15) is 8.42 Å². The molecule has 8 heteroatoms. The molecule has 0 aliphatic rings. The third-order valence-corrected chi connectivity index (χ3v) is 4.53. The number of aryl methyl sites for hydroxylation is 1. The summed E-state index contributed by atoms with van der Waals surface area (Å²) in [5.41, 5.74) is 1.91. The average molecular weight is 482 g/mol. The molecular weight excluding hydrogens is 451 g/mol. The minimum atomic E-state index is -3.25. The van der Waals surface area contributed by atoms with E-state index in [1.807, 2.05) is 13.8 Å². The second-order valence-electron chi connectivity index (χ2n) is 6.88. The van der Waals surface area contributed by atoms with Gasteiger partial charge in [-0.15, -0.1) is 24.0 Å². The maximum atomic E-state index is 11.4. The molecule has 0 radical (unpaired) electrons. The molecule has 0 spiro atoms. The van der Waals surface area contributed by atoms with E-state index in [1.165, 1.54) is 11.1 Å². The number of nitrogens with zero attached hydrogens (tertiary/aromatic N) is 1. The summed E-state index contributed by atoms with van der Waals surface area (Å²) in [5, 5.41) is 6.44. The summed E-state index contributed by atoms with van der Waals surface area (Å²) in [5.74, 6) is 0.989. The van der Waals surface area contributed by atoms with Crippen LogP contribution in [0.15, 0.2) is 29.3 Å². The molecule has 1 aromatic carbocycles. The third kappa shape index (κ3) is 10.0. The summed E-state index contributed by atoms with van der Waals surface area (Å²) in [6, 6.07) is 8.49. The molecule has 0 amide bonds. The van der Waals surface area contributed by atoms with E-state index in [-0.39, 0.29) is 24.0 Å². The Morgan fingerprint density at radius 2 is 1.76 bits per heavy atom. The van der Waals surface area contributed by atoms with Crippen LogP contribution >= 0.6 is 24.0 Å². The zero-order chi connectivity index (χ0) is 18.4. The zero-order valence-corrected chi connectivity index (χ0v) is 19.0. The van der Waals surface area contributed by atoms with Crippen molar-refractivity contribution in [1.29, 1.82) is 0 Å². The molecule has 0 fully saturated rings. The number of hydrogen-bond acceptors (Lipinski definition) is 3. The predicted molar refractivity (Wildman–Crippen MR) is 116 cm³/mol. The zero-order valence-electron chi connectivity index (χ0n) is 15.9. The van der Waals surface area contributed by atoms with Gasteiger partial charge in [0.1, 0.15) is 0 Å². The second kappa shape index (κ2) is 10.3. The summed E-state index contributed by atoms with van der Waals surface area (Å²) in [6.07, 6.45) is 1.16. The predicted octanol–water partition coefficient (Wildman–Crippen LogP) is 2.21. The van der Waals surface area contributed by atoms with Crippen LogP contribution in [-0.2, 0) is 10.0 Å². The minimum Gasteiger partial charge on any atom is -0.356 e. The van der Waals surface area contributed by atoms with E-state index >= 15 is 0 Å². The Morgan fingerprint density at radius 3 is 2.24 bits per heavy atom. The highest BCUT2D eigenvalue weighted by molar-refractivity contribution is 14.0. The van der Waals surface area contributed by atoms with Crippen molar-refractivity contribution in [1.82, 2.24) is 15.4 Å². The Morgan fingerprint density at radius 1 is 1.20 bits per heavy atom. The first kappa shape index (κ1) is 24.1. The van der Waals surface area contributed by atoms with Crippen molar-refractivity contribution in [3.63, 3.8) is 0 Å². The van der Waals surface area contributed by atoms with E-state index in [4.69, 9.17) is 0 Å². The van der Waals surface area contributed by atoms with Crippen LogP contribution in [0.25, 0.3) is 0 Å². The monoisotopic (exact) mass is 482 g/mol. The Bertz CT molecular complexity index is 658. The molecule has 3 N–H and O–H groups in total. The van der Waals surface area contributed by atoms with Crippen molar-refractivity contribution < 1.29 is 8.42 Å². The van der Waals surface area contributed by atoms with E-state index < -0.39 is 15.6 Å². The van der Waals surface area contributed by atoms with Crippen molar-refractivity contribution in [2.45, 2.75) is 39.2 Å². The first-order valence-corrected chi connectivity index (χ1v) is 9.91. The number of sulfonamides is 1. The van der Waals surface area contributed by atoms with E-state index in [1.54, 1.807) is 7.05 Å². The quantitative estimate of drug-likeness (QED) is 0.316. The highest BCUT2D eigenvalue weighted by atomic mass is 127. The first-order chi connectivity index (χ1) is 11.0. The topological polar surface area (TPSA) is 82.6 Å². The van der Waals surface area contributed by atoms with Crippen LogP contribution in [0.4, 0.5) is 0 Å². The van der Waals surface area contributed by atoms with Gasteiger partial charge in [0.25, 0.3) is 0 Å². The summed E-state index contributed by atoms with van der Waals surface area (Å²) in [7, 11) is -1.55. The Balaban J connectivity index is 0.00000576. The van der Waals surface area contributed by atoms with Gasteiger partial charge in [-0.05, 0) is 32.3 Å². The lowest BCUT2D eigenvalue weighted by molar-refractivity contribution is 0.446. The molecule has 25 heavy (non-hydrogen) atoms. The van der Waals surface area contributed by atoms with Crippen LogP contribution in [0, 0.1) is 6.92 Å². The average Bonchev–Trinajstić information content (AvgIpc) is 2.45. The largest absolute Gasteiger partial charge is 0.356 e. The number of halogens is 1. The molecule has 0 aliphatic heterocycles. The van der Waals surface area contributed by atoms with Crippen molar-refractivity contribution in [2.75, 3.05) is 26.4 Å². The Hall–Kier alpha value is -0.870. The normalized spacial score (nSPS) is 13.8. The van der Waals surface area contributed by atoms with Gasteiger partial charge in [-0.1, -0.05) is 36.8 Å². The fourth-order valence-corrected chi connectivity index (χ4v) is 3.40. The van der Waals surface area contributed by atoms with Crippen LogP contribution in [0.3, 0.4) is 0 Å². The van der Waals surface area contributed by atoms with Gasteiger partial charge in [-0.25, -0.2) is 13.1 Å². The maximum Gasteiger partial charge on any atom is 0.209 e. The second-order valence-corrected chi connectivity index (χ2v) is 8.62. The number of hydrogen-bond donors (Lipinski definition) is 3. The molecule has 144 valence electrons. The van der Waals surface area contributed by atoms with Gasteiger partial charge in [0, 0.05) is 25.7 Å². The van der Waals surface area contributed by atoms with Gasteiger partial charge in [0.2, 0.25) is 10.0 Å². The van der Waals surface area contributed by atoms with Gasteiger partial charge >= 0.3 is 0 Å². The molecule has 1 aromatic rings. The van der Waals surface area contributed by atoms with Gasteiger partial charge in [-0.2, -0.15) is 0 Å². The fourth-order valence-electron chi connectivity index (χ4n) is 2.33. The minimum absolute atomic E-state index is 0. The van der Waals surface area contributed by atoms with Crippen molar-refractivity contribution in [3.8, 4) is 0 Å². The summed E-state index contributed by atoms with van der Waals surface area (Å²) >= 11 is 0. The highest BCUT2D eigenvalue weighted by Gasteiger charge is 2.22. The highest BCUT2D eigenvalue weighted by Crippen LogP contribution is 2.14. The molecule has 0 heterocycles. The molecule has 0 aromatic heterocycles. The number of nitrogens with one attached hydrogen (secondary N) is 3. The lowest BCUT2D eigenvalue weighted by atomic mass is 10.0. The van der Waals surface area contributed by atoms with Gasteiger partial charge in [0.15, 0.2) is 5.96 Å². The van der Waals surface area contributed by atoms with Crippen LogP contribution in [-0.4, -0.2) is 46.3 Å². The van der Waals surface area contributed by atoms with Crippen molar-refractivity contribution in [3.05, 3.63) is 35.4 Å².